The fourth-order valence-corrected chi connectivity index (χ4v) is 2.24. The Kier molecular flexibility index (Phi) is 5.08. The Morgan fingerprint density at radius 3 is 2.56 bits per heavy atom. The van der Waals surface area contributed by atoms with Gasteiger partial charge in [0.2, 0.25) is 5.88 Å². The minimum absolute atomic E-state index is 0.0384. The smallest absolute Gasteiger partial charge is 0.232 e. The monoisotopic (exact) mass is 364 g/mol. The number of hydrogen-bond donors (Lipinski definition) is 2. The average Bonchev–Trinajstić information content (AvgIpc) is 2.51. The highest BCUT2D eigenvalue weighted by atomic mass is 35.5. The fraction of sp³-hybridized carbons (Fsp3) is 0.471. The molecular weight excluding hydrogens is 344 g/mol. The minimum atomic E-state index is -0.765. The number of aliphatic hydroxyl groups is 1. The number of hydrogen-bond acceptors (Lipinski definition) is 7. The van der Waals surface area contributed by atoms with Crippen LogP contribution in [0.5, 0.6) is 5.88 Å². The topological polar surface area (TPSA) is 89.4 Å². The molecule has 7 nitrogen and oxygen atoms in total. The first-order valence-electron chi connectivity index (χ1n) is 8.00. The summed E-state index contributed by atoms with van der Waals surface area (Å²) in [6.07, 6.45) is 4.04. The van der Waals surface area contributed by atoms with Gasteiger partial charge in [-0.1, -0.05) is 32.4 Å². The van der Waals surface area contributed by atoms with Crippen molar-refractivity contribution in [3.05, 3.63) is 29.8 Å². The van der Waals surface area contributed by atoms with Gasteiger partial charge in [0.1, 0.15) is 17.5 Å². The Labute approximate surface area is 151 Å². The molecule has 1 atom stereocenters. The molecule has 2 N–H and O–H groups in total. The average molecular weight is 365 g/mol. The number of aliphatic hydroxyl groups excluding tert-OH is 1. The molecule has 0 aliphatic carbocycles. The normalized spacial score (nSPS) is 16.2. The summed E-state index contributed by atoms with van der Waals surface area (Å²) >= 11 is 6.01. The summed E-state index contributed by atoms with van der Waals surface area (Å²) in [4.78, 5) is 12.8. The Balaban J connectivity index is 1.83. The maximum atomic E-state index is 10.3. The third kappa shape index (κ3) is 4.36. The number of aromatic nitrogens is 3. The molecule has 0 bridgehead atoms. The maximum Gasteiger partial charge on any atom is 0.232 e. The van der Waals surface area contributed by atoms with E-state index in [1.165, 1.54) is 0 Å². The van der Waals surface area contributed by atoms with Crippen LogP contribution in [-0.4, -0.2) is 45.6 Å². The van der Waals surface area contributed by atoms with Crippen molar-refractivity contribution >= 4 is 17.3 Å². The Morgan fingerprint density at radius 1 is 1.24 bits per heavy atom. The number of halogens is 1. The first kappa shape index (κ1) is 17.8. The molecule has 0 aromatic carbocycles. The molecule has 0 radical (unpaired) electrons. The summed E-state index contributed by atoms with van der Waals surface area (Å²) in [5, 5.41) is 13.7. The van der Waals surface area contributed by atoms with E-state index in [4.69, 9.17) is 21.1 Å². The molecule has 1 saturated heterocycles. The molecule has 0 saturated carbocycles. The molecule has 2 aromatic heterocycles. The Bertz CT molecular complexity index is 730. The van der Waals surface area contributed by atoms with E-state index in [1.807, 2.05) is 20.8 Å². The van der Waals surface area contributed by atoms with Crippen LogP contribution in [0.2, 0.25) is 5.15 Å². The van der Waals surface area contributed by atoms with Gasteiger partial charge in [-0.15, -0.1) is 0 Å². The SMILES string of the molecule is CC(C)(C)C(O)Nc1cc(Cl)ncc1-c1cnc(OC2COC2)cn1. The van der Waals surface area contributed by atoms with Gasteiger partial charge in [0.05, 0.1) is 37.0 Å². The molecule has 1 fully saturated rings. The lowest BCUT2D eigenvalue weighted by Crippen LogP contribution is -2.38. The summed E-state index contributed by atoms with van der Waals surface area (Å²) in [5.41, 5.74) is 1.59. The van der Waals surface area contributed by atoms with E-state index >= 15 is 0 Å². The van der Waals surface area contributed by atoms with Crippen LogP contribution < -0.4 is 10.1 Å². The van der Waals surface area contributed by atoms with Crippen LogP contribution >= 0.6 is 11.6 Å². The molecule has 3 heterocycles. The van der Waals surface area contributed by atoms with Gasteiger partial charge in [-0.3, -0.25) is 0 Å². The molecule has 1 aliphatic rings. The molecule has 0 spiro atoms. The lowest BCUT2D eigenvalue weighted by Gasteiger charge is -2.28. The predicted molar refractivity (Wildman–Crippen MR) is 94.6 cm³/mol. The van der Waals surface area contributed by atoms with Crippen molar-refractivity contribution in [1.82, 2.24) is 15.0 Å². The zero-order valence-corrected chi connectivity index (χ0v) is 15.1. The largest absolute Gasteiger partial charge is 0.468 e. The van der Waals surface area contributed by atoms with Crippen molar-refractivity contribution in [3.8, 4) is 17.1 Å². The third-order valence-corrected chi connectivity index (χ3v) is 3.99. The van der Waals surface area contributed by atoms with Crippen LogP contribution in [0, 0.1) is 5.41 Å². The summed E-state index contributed by atoms with van der Waals surface area (Å²) in [6, 6.07) is 1.66. The number of anilines is 1. The second-order valence-electron chi connectivity index (χ2n) is 6.98. The second kappa shape index (κ2) is 7.11. The molecule has 0 amide bonds. The van der Waals surface area contributed by atoms with Gasteiger partial charge in [-0.2, -0.15) is 0 Å². The van der Waals surface area contributed by atoms with Gasteiger partial charge in [0.25, 0.3) is 0 Å². The number of rotatable bonds is 5. The second-order valence-corrected chi connectivity index (χ2v) is 7.37. The van der Waals surface area contributed by atoms with Crippen molar-refractivity contribution in [2.75, 3.05) is 18.5 Å². The highest BCUT2D eigenvalue weighted by Crippen LogP contribution is 2.31. The molecule has 25 heavy (non-hydrogen) atoms. The van der Waals surface area contributed by atoms with Gasteiger partial charge < -0.3 is 19.9 Å². The van der Waals surface area contributed by atoms with E-state index in [0.717, 1.165) is 0 Å². The van der Waals surface area contributed by atoms with E-state index < -0.39 is 6.23 Å². The number of nitrogens with zero attached hydrogens (tertiary/aromatic N) is 3. The van der Waals surface area contributed by atoms with Crippen LogP contribution in [-0.2, 0) is 4.74 Å². The quantitative estimate of drug-likeness (QED) is 0.622. The van der Waals surface area contributed by atoms with Crippen molar-refractivity contribution in [3.63, 3.8) is 0 Å². The number of pyridine rings is 1. The van der Waals surface area contributed by atoms with Crippen LogP contribution in [0.15, 0.2) is 24.7 Å². The minimum Gasteiger partial charge on any atom is -0.468 e. The summed E-state index contributed by atoms with van der Waals surface area (Å²) in [6.45, 7) is 6.95. The molecule has 3 rings (SSSR count). The molecule has 134 valence electrons. The predicted octanol–water partition coefficient (Wildman–Crippen LogP) is 2.75. The van der Waals surface area contributed by atoms with Gasteiger partial charge in [-0.05, 0) is 6.07 Å². The number of ether oxygens (including phenoxy) is 2. The summed E-state index contributed by atoms with van der Waals surface area (Å²) < 4.78 is 10.7. The molecule has 8 heteroatoms. The van der Waals surface area contributed by atoms with Crippen molar-refractivity contribution in [2.45, 2.75) is 33.1 Å². The van der Waals surface area contributed by atoms with E-state index in [2.05, 4.69) is 20.3 Å². The highest BCUT2D eigenvalue weighted by Gasteiger charge is 2.24. The van der Waals surface area contributed by atoms with E-state index in [1.54, 1.807) is 24.7 Å². The summed E-state index contributed by atoms with van der Waals surface area (Å²) in [7, 11) is 0. The first-order chi connectivity index (χ1) is 11.8. The van der Waals surface area contributed by atoms with E-state index in [-0.39, 0.29) is 11.5 Å². The lowest BCUT2D eigenvalue weighted by molar-refractivity contribution is -0.0814. The first-order valence-corrected chi connectivity index (χ1v) is 8.37. The van der Waals surface area contributed by atoms with E-state index in [9.17, 15) is 5.11 Å². The molecule has 2 aromatic rings. The standard InChI is InChI=1S/C17H21ClN4O3/c1-17(2,3)16(23)22-12-4-14(18)20-5-11(12)13-6-21-15(7-19-13)25-10-8-24-9-10/h4-7,10,16,23H,8-9H2,1-3H3,(H,20,22). The van der Waals surface area contributed by atoms with Crippen molar-refractivity contribution < 1.29 is 14.6 Å². The molecule has 1 aliphatic heterocycles. The fourth-order valence-electron chi connectivity index (χ4n) is 2.09. The maximum absolute atomic E-state index is 10.3. The lowest BCUT2D eigenvalue weighted by atomic mass is 9.94. The van der Waals surface area contributed by atoms with Gasteiger partial charge in [0.15, 0.2) is 0 Å². The Morgan fingerprint density at radius 2 is 2.00 bits per heavy atom. The van der Waals surface area contributed by atoms with Crippen LogP contribution in [0.25, 0.3) is 11.3 Å². The Hall–Kier alpha value is -1.96. The van der Waals surface area contributed by atoms with Crippen LogP contribution in [0.1, 0.15) is 20.8 Å². The van der Waals surface area contributed by atoms with Crippen LogP contribution in [0.3, 0.4) is 0 Å². The summed E-state index contributed by atoms with van der Waals surface area (Å²) in [5.74, 6) is 0.447. The third-order valence-electron chi connectivity index (χ3n) is 3.78. The van der Waals surface area contributed by atoms with Crippen molar-refractivity contribution in [2.24, 2.45) is 5.41 Å². The van der Waals surface area contributed by atoms with E-state index in [0.29, 0.717) is 41.2 Å². The van der Waals surface area contributed by atoms with Crippen molar-refractivity contribution in [1.29, 1.82) is 0 Å². The highest BCUT2D eigenvalue weighted by molar-refractivity contribution is 6.29. The van der Waals surface area contributed by atoms with Gasteiger partial charge in [0, 0.05) is 17.2 Å². The molecular formula is C17H21ClN4O3. The molecule has 1 unspecified atom stereocenters. The van der Waals surface area contributed by atoms with Gasteiger partial charge in [-0.25, -0.2) is 15.0 Å². The number of nitrogens with one attached hydrogen (secondary N) is 1. The van der Waals surface area contributed by atoms with Crippen LogP contribution in [0.4, 0.5) is 5.69 Å². The van der Waals surface area contributed by atoms with Gasteiger partial charge >= 0.3 is 0 Å². The zero-order valence-electron chi connectivity index (χ0n) is 14.4. The zero-order chi connectivity index (χ0) is 18.0.